The highest BCUT2D eigenvalue weighted by molar-refractivity contribution is 5.94. The minimum absolute atomic E-state index is 0.0230. The molecule has 7 nitrogen and oxygen atoms in total. The Balaban J connectivity index is 1.61. The van der Waals surface area contributed by atoms with Crippen LogP contribution in [0.4, 0.5) is 0 Å². The van der Waals surface area contributed by atoms with Crippen molar-refractivity contribution in [2.24, 2.45) is 13.0 Å². The van der Waals surface area contributed by atoms with E-state index in [-0.39, 0.29) is 23.8 Å². The van der Waals surface area contributed by atoms with E-state index in [1.165, 1.54) is 11.6 Å². The van der Waals surface area contributed by atoms with Gasteiger partial charge in [-0.15, -0.1) is 0 Å². The molecule has 2 unspecified atom stereocenters. The van der Waals surface area contributed by atoms with Gasteiger partial charge in [0.25, 0.3) is 5.91 Å². The number of piperidine rings is 1. The molecular weight excluding hydrogens is 404 g/mol. The summed E-state index contributed by atoms with van der Waals surface area (Å²) in [6.07, 6.45) is 5.82. The minimum atomic E-state index is -0.187. The van der Waals surface area contributed by atoms with Crippen LogP contribution >= 0.6 is 0 Å². The molecule has 2 amide bonds. The van der Waals surface area contributed by atoms with Crippen molar-refractivity contribution in [2.45, 2.75) is 44.8 Å². The number of hydrogen-bond acceptors (Lipinski definition) is 4. The van der Waals surface area contributed by atoms with E-state index in [9.17, 15) is 9.59 Å². The molecule has 1 saturated heterocycles. The molecular formula is C25H32N4O3. The Morgan fingerprint density at radius 3 is 2.91 bits per heavy atom. The number of likely N-dealkylation sites (tertiary alicyclic amines) is 1. The Hall–Kier alpha value is -2.93. The highest BCUT2D eigenvalue weighted by atomic mass is 16.5. The number of aryl methyl sites for hydroxylation is 1. The van der Waals surface area contributed by atoms with E-state index in [1.54, 1.807) is 0 Å². The fourth-order valence-electron chi connectivity index (χ4n) is 4.98. The number of nitrogens with zero attached hydrogens (tertiary/aromatic N) is 3. The van der Waals surface area contributed by atoms with Crippen LogP contribution in [0, 0.1) is 5.92 Å². The number of rotatable bonds is 7. The fourth-order valence-corrected chi connectivity index (χ4v) is 4.98. The first-order valence-corrected chi connectivity index (χ1v) is 11.5. The number of carbonyl (C=O) groups excluding carboxylic acids is 2. The standard InChI is InChI=1S/C25H32N4O3/c1-3-23(30)26-16-19(15-18-9-5-4-6-10-18)21-11-7-8-13-29(21)25(31)24-20-17-32-14-12-22(20)28(2)27-24/h3-6,9-10,19,21H,1,7-8,11-17H2,2H3,(H,26,30). The molecule has 1 aromatic carbocycles. The van der Waals surface area contributed by atoms with Gasteiger partial charge in [0, 0.05) is 49.8 Å². The average Bonchev–Trinajstić information content (AvgIpc) is 3.18. The summed E-state index contributed by atoms with van der Waals surface area (Å²) in [4.78, 5) is 27.6. The molecule has 1 fully saturated rings. The van der Waals surface area contributed by atoms with Crippen LogP contribution in [0.1, 0.15) is 46.6 Å². The van der Waals surface area contributed by atoms with E-state index in [0.29, 0.717) is 32.0 Å². The molecule has 1 aromatic heterocycles. The Labute approximate surface area is 189 Å². The topological polar surface area (TPSA) is 76.5 Å². The van der Waals surface area contributed by atoms with Gasteiger partial charge in [-0.3, -0.25) is 14.3 Å². The molecule has 7 heteroatoms. The fraction of sp³-hybridized carbons (Fsp3) is 0.480. The van der Waals surface area contributed by atoms with Crippen molar-refractivity contribution in [2.75, 3.05) is 19.7 Å². The van der Waals surface area contributed by atoms with Gasteiger partial charge in [-0.1, -0.05) is 36.9 Å². The maximum atomic E-state index is 13.7. The lowest BCUT2D eigenvalue weighted by Crippen LogP contribution is -2.51. The first-order chi connectivity index (χ1) is 15.6. The van der Waals surface area contributed by atoms with Crippen LogP contribution in [0.2, 0.25) is 0 Å². The first-order valence-electron chi connectivity index (χ1n) is 11.5. The van der Waals surface area contributed by atoms with Gasteiger partial charge in [0.2, 0.25) is 5.91 Å². The van der Waals surface area contributed by atoms with Crippen molar-refractivity contribution >= 4 is 11.8 Å². The van der Waals surface area contributed by atoms with Crippen LogP contribution in [0.3, 0.4) is 0 Å². The van der Waals surface area contributed by atoms with E-state index >= 15 is 0 Å². The number of amides is 2. The third-order valence-electron chi connectivity index (χ3n) is 6.63. The summed E-state index contributed by atoms with van der Waals surface area (Å²) < 4.78 is 7.47. The molecule has 4 rings (SSSR count). The Morgan fingerprint density at radius 2 is 2.12 bits per heavy atom. The van der Waals surface area contributed by atoms with Gasteiger partial charge < -0.3 is 15.0 Å². The van der Waals surface area contributed by atoms with Crippen LogP contribution in [-0.2, 0) is 36.0 Å². The third-order valence-corrected chi connectivity index (χ3v) is 6.63. The van der Waals surface area contributed by atoms with E-state index in [0.717, 1.165) is 43.4 Å². The van der Waals surface area contributed by atoms with Crippen molar-refractivity contribution in [1.29, 1.82) is 0 Å². The maximum absolute atomic E-state index is 13.7. The van der Waals surface area contributed by atoms with Crippen LogP contribution in [0.25, 0.3) is 0 Å². The molecule has 0 spiro atoms. The molecule has 32 heavy (non-hydrogen) atoms. The Bertz CT molecular complexity index is 969. The number of hydrogen-bond donors (Lipinski definition) is 1. The van der Waals surface area contributed by atoms with Gasteiger partial charge in [0.15, 0.2) is 5.69 Å². The normalized spacial score (nSPS) is 19.2. The lowest BCUT2D eigenvalue weighted by atomic mass is 9.85. The monoisotopic (exact) mass is 436 g/mol. The molecule has 1 N–H and O–H groups in total. The largest absolute Gasteiger partial charge is 0.376 e. The van der Waals surface area contributed by atoms with Crippen molar-refractivity contribution in [3.05, 3.63) is 65.5 Å². The van der Waals surface area contributed by atoms with Gasteiger partial charge in [-0.05, 0) is 37.3 Å². The lowest BCUT2D eigenvalue weighted by molar-refractivity contribution is -0.116. The number of ether oxygens (including phenoxy) is 1. The predicted molar refractivity (Wildman–Crippen MR) is 122 cm³/mol. The molecule has 0 bridgehead atoms. The van der Waals surface area contributed by atoms with Gasteiger partial charge >= 0.3 is 0 Å². The van der Waals surface area contributed by atoms with Gasteiger partial charge in [-0.2, -0.15) is 5.10 Å². The molecule has 0 saturated carbocycles. The summed E-state index contributed by atoms with van der Waals surface area (Å²) in [5.41, 5.74) is 3.73. The predicted octanol–water partition coefficient (Wildman–Crippen LogP) is 2.65. The average molecular weight is 437 g/mol. The number of fused-ring (bicyclic) bond motifs is 1. The van der Waals surface area contributed by atoms with Crippen LogP contribution in [0.5, 0.6) is 0 Å². The third kappa shape index (κ3) is 4.78. The SMILES string of the molecule is C=CC(=O)NCC(Cc1ccccc1)C1CCCCN1C(=O)c1nn(C)c2c1COCC2. The zero-order chi connectivity index (χ0) is 22.5. The Kier molecular flexibility index (Phi) is 7.05. The summed E-state index contributed by atoms with van der Waals surface area (Å²) in [6.45, 7) is 5.86. The van der Waals surface area contributed by atoms with Gasteiger partial charge in [0.1, 0.15) is 0 Å². The van der Waals surface area contributed by atoms with Crippen LogP contribution in [-0.4, -0.2) is 52.2 Å². The zero-order valence-electron chi connectivity index (χ0n) is 18.8. The first kappa shape index (κ1) is 22.3. The quantitative estimate of drug-likeness (QED) is 0.677. The number of aromatic nitrogens is 2. The second-order valence-corrected chi connectivity index (χ2v) is 8.66. The maximum Gasteiger partial charge on any atom is 0.275 e. The van der Waals surface area contributed by atoms with Crippen molar-refractivity contribution < 1.29 is 14.3 Å². The molecule has 170 valence electrons. The lowest BCUT2D eigenvalue weighted by Gasteiger charge is -2.40. The van der Waals surface area contributed by atoms with E-state index in [4.69, 9.17) is 4.74 Å². The Morgan fingerprint density at radius 1 is 1.31 bits per heavy atom. The highest BCUT2D eigenvalue weighted by Crippen LogP contribution is 2.29. The van der Waals surface area contributed by atoms with E-state index in [1.807, 2.05) is 34.8 Å². The minimum Gasteiger partial charge on any atom is -0.376 e. The molecule has 2 aliphatic heterocycles. The smallest absolute Gasteiger partial charge is 0.275 e. The van der Waals surface area contributed by atoms with Crippen molar-refractivity contribution in [1.82, 2.24) is 20.0 Å². The summed E-state index contributed by atoms with van der Waals surface area (Å²) in [5, 5.41) is 7.56. The molecule has 2 atom stereocenters. The number of carbonyl (C=O) groups is 2. The molecule has 2 aromatic rings. The second-order valence-electron chi connectivity index (χ2n) is 8.66. The summed E-state index contributed by atoms with van der Waals surface area (Å²) in [5.74, 6) is -0.112. The van der Waals surface area contributed by atoms with Crippen molar-refractivity contribution in [3.8, 4) is 0 Å². The second kappa shape index (κ2) is 10.1. The summed E-state index contributed by atoms with van der Waals surface area (Å²) in [6, 6.07) is 10.3. The molecule has 2 aliphatic rings. The summed E-state index contributed by atoms with van der Waals surface area (Å²) in [7, 11) is 1.90. The van der Waals surface area contributed by atoms with Gasteiger partial charge in [0.05, 0.1) is 13.2 Å². The molecule has 0 radical (unpaired) electrons. The molecule has 3 heterocycles. The van der Waals surface area contributed by atoms with Crippen molar-refractivity contribution in [3.63, 3.8) is 0 Å². The summed E-state index contributed by atoms with van der Waals surface area (Å²) >= 11 is 0. The zero-order valence-corrected chi connectivity index (χ0v) is 18.8. The number of nitrogens with one attached hydrogen (secondary N) is 1. The van der Waals surface area contributed by atoms with Gasteiger partial charge in [-0.25, -0.2) is 0 Å². The van der Waals surface area contributed by atoms with Crippen LogP contribution in [0.15, 0.2) is 43.0 Å². The van der Waals surface area contributed by atoms with E-state index < -0.39 is 0 Å². The number of benzene rings is 1. The highest BCUT2D eigenvalue weighted by Gasteiger charge is 2.36. The van der Waals surface area contributed by atoms with E-state index in [2.05, 4.69) is 29.1 Å². The molecule has 0 aliphatic carbocycles. The van der Waals surface area contributed by atoms with Crippen LogP contribution < -0.4 is 5.32 Å².